The Morgan fingerprint density at radius 1 is 1.22 bits per heavy atom. The lowest BCUT2D eigenvalue weighted by molar-refractivity contribution is -0.125. The number of carbonyl (C=O) groups is 2. The molecule has 7 nitrogen and oxygen atoms in total. The van der Waals surface area contributed by atoms with Crippen molar-refractivity contribution in [1.29, 1.82) is 0 Å². The lowest BCUT2D eigenvalue weighted by atomic mass is 9.86. The Bertz CT molecular complexity index is 808. The number of anilines is 1. The van der Waals surface area contributed by atoms with Crippen LogP contribution in [-0.2, 0) is 19.6 Å². The van der Waals surface area contributed by atoms with Gasteiger partial charge in [0.15, 0.2) is 6.61 Å². The summed E-state index contributed by atoms with van der Waals surface area (Å²) in [4.78, 5) is 24.3. The Morgan fingerprint density at radius 2 is 2.00 bits per heavy atom. The number of hydrogen-bond acceptors (Lipinski definition) is 5. The van der Waals surface area contributed by atoms with Gasteiger partial charge in [-0.05, 0) is 43.4 Å². The molecular weight excluding hydrogens is 368 g/mol. The van der Waals surface area contributed by atoms with Gasteiger partial charge in [-0.25, -0.2) is 13.2 Å². The summed E-state index contributed by atoms with van der Waals surface area (Å²) in [5.41, 5.74) is 0.677. The summed E-state index contributed by atoms with van der Waals surface area (Å²) in [6.07, 6.45) is 4.90. The molecule has 0 radical (unpaired) electrons. The van der Waals surface area contributed by atoms with Crippen molar-refractivity contribution in [3.05, 3.63) is 29.8 Å². The number of carbonyl (C=O) groups excluding carboxylic acids is 2. The molecule has 0 aromatic heterocycles. The molecule has 8 heteroatoms. The molecule has 1 N–H and O–H groups in total. The van der Waals surface area contributed by atoms with Crippen LogP contribution in [0.4, 0.5) is 5.69 Å². The molecule has 1 saturated heterocycles. The van der Waals surface area contributed by atoms with Crippen LogP contribution in [0.5, 0.6) is 0 Å². The molecule has 2 atom stereocenters. The van der Waals surface area contributed by atoms with Gasteiger partial charge in [-0.15, -0.1) is 0 Å². The van der Waals surface area contributed by atoms with E-state index in [2.05, 4.69) is 12.2 Å². The average Bonchev–Trinajstić information content (AvgIpc) is 3.01. The number of rotatable bonds is 5. The summed E-state index contributed by atoms with van der Waals surface area (Å²) < 4.78 is 30.5. The zero-order chi connectivity index (χ0) is 19.4. The number of nitrogens with zero attached hydrogens (tertiary/aromatic N) is 1. The molecule has 1 amide bonds. The first-order valence-corrected chi connectivity index (χ1v) is 11.0. The van der Waals surface area contributed by atoms with Crippen molar-refractivity contribution in [2.75, 3.05) is 23.2 Å². The first-order valence-electron chi connectivity index (χ1n) is 9.44. The first kappa shape index (κ1) is 19.7. The van der Waals surface area contributed by atoms with Crippen LogP contribution in [0.1, 0.15) is 49.4 Å². The molecule has 1 aliphatic carbocycles. The number of benzene rings is 1. The normalized spacial score (nSPS) is 24.4. The Labute approximate surface area is 160 Å². The van der Waals surface area contributed by atoms with E-state index in [0.29, 0.717) is 24.6 Å². The number of ether oxygens (including phenoxy) is 1. The summed E-state index contributed by atoms with van der Waals surface area (Å²) >= 11 is 0. The van der Waals surface area contributed by atoms with Crippen LogP contribution in [0.25, 0.3) is 0 Å². The predicted molar refractivity (Wildman–Crippen MR) is 102 cm³/mol. The molecule has 0 bridgehead atoms. The second kappa shape index (κ2) is 8.29. The van der Waals surface area contributed by atoms with Crippen molar-refractivity contribution in [2.45, 2.75) is 45.1 Å². The smallest absolute Gasteiger partial charge is 0.338 e. The quantitative estimate of drug-likeness (QED) is 0.772. The molecule has 1 aromatic rings. The van der Waals surface area contributed by atoms with E-state index in [1.165, 1.54) is 16.8 Å². The van der Waals surface area contributed by atoms with Crippen molar-refractivity contribution >= 4 is 27.6 Å². The molecule has 2 unspecified atom stereocenters. The molecule has 27 heavy (non-hydrogen) atoms. The first-order chi connectivity index (χ1) is 12.9. The largest absolute Gasteiger partial charge is 0.452 e. The second-order valence-electron chi connectivity index (χ2n) is 7.30. The van der Waals surface area contributed by atoms with Gasteiger partial charge >= 0.3 is 5.97 Å². The molecular formula is C19H26N2O5S. The molecule has 1 heterocycles. The highest BCUT2D eigenvalue weighted by atomic mass is 32.2. The molecule has 1 aromatic carbocycles. The van der Waals surface area contributed by atoms with Crippen LogP contribution in [0.2, 0.25) is 0 Å². The maximum Gasteiger partial charge on any atom is 0.338 e. The summed E-state index contributed by atoms with van der Waals surface area (Å²) in [6, 6.07) is 6.44. The van der Waals surface area contributed by atoms with E-state index in [1.54, 1.807) is 18.2 Å². The highest BCUT2D eigenvalue weighted by Gasteiger charge is 2.29. The van der Waals surface area contributed by atoms with Gasteiger partial charge < -0.3 is 10.1 Å². The molecule has 1 aliphatic heterocycles. The van der Waals surface area contributed by atoms with Crippen molar-refractivity contribution in [1.82, 2.24) is 5.32 Å². The minimum atomic E-state index is -3.31. The highest BCUT2D eigenvalue weighted by molar-refractivity contribution is 7.93. The lowest BCUT2D eigenvalue weighted by Gasteiger charge is -2.29. The van der Waals surface area contributed by atoms with Crippen molar-refractivity contribution in [3.63, 3.8) is 0 Å². The zero-order valence-electron chi connectivity index (χ0n) is 15.5. The van der Waals surface area contributed by atoms with Gasteiger partial charge in [0.05, 0.1) is 17.0 Å². The second-order valence-corrected chi connectivity index (χ2v) is 9.32. The predicted octanol–water partition coefficient (Wildman–Crippen LogP) is 2.08. The maximum absolute atomic E-state index is 12.3. The summed E-state index contributed by atoms with van der Waals surface area (Å²) in [7, 11) is -3.31. The fourth-order valence-electron chi connectivity index (χ4n) is 3.71. The summed E-state index contributed by atoms with van der Waals surface area (Å²) in [5.74, 6) is -0.403. The van der Waals surface area contributed by atoms with E-state index in [-0.39, 0.29) is 29.9 Å². The van der Waals surface area contributed by atoms with Gasteiger partial charge in [0.1, 0.15) is 0 Å². The fraction of sp³-hybridized carbons (Fsp3) is 0.579. The van der Waals surface area contributed by atoms with Gasteiger partial charge in [0.2, 0.25) is 10.0 Å². The van der Waals surface area contributed by atoms with Crippen LogP contribution < -0.4 is 9.62 Å². The van der Waals surface area contributed by atoms with E-state index >= 15 is 0 Å². The van der Waals surface area contributed by atoms with Crippen LogP contribution in [0.3, 0.4) is 0 Å². The number of esters is 1. The van der Waals surface area contributed by atoms with E-state index in [1.807, 2.05) is 0 Å². The van der Waals surface area contributed by atoms with Crippen LogP contribution in [-0.4, -0.2) is 45.2 Å². The number of amides is 1. The number of nitrogens with one attached hydrogen (secondary N) is 1. The van der Waals surface area contributed by atoms with Crippen LogP contribution in [0.15, 0.2) is 24.3 Å². The Kier molecular flexibility index (Phi) is 6.04. The molecule has 2 aliphatic rings. The van der Waals surface area contributed by atoms with Crippen LogP contribution >= 0.6 is 0 Å². The zero-order valence-corrected chi connectivity index (χ0v) is 16.3. The van der Waals surface area contributed by atoms with Gasteiger partial charge in [-0.1, -0.05) is 25.8 Å². The highest BCUT2D eigenvalue weighted by Crippen LogP contribution is 2.25. The van der Waals surface area contributed by atoms with E-state index in [0.717, 1.165) is 19.3 Å². The van der Waals surface area contributed by atoms with E-state index in [9.17, 15) is 18.0 Å². The van der Waals surface area contributed by atoms with Gasteiger partial charge in [-0.2, -0.15) is 0 Å². The van der Waals surface area contributed by atoms with Crippen LogP contribution in [0, 0.1) is 5.92 Å². The number of hydrogen-bond donors (Lipinski definition) is 1. The van der Waals surface area contributed by atoms with Gasteiger partial charge in [-0.3, -0.25) is 9.10 Å². The fourth-order valence-corrected chi connectivity index (χ4v) is 5.27. The third-order valence-electron chi connectivity index (χ3n) is 5.26. The molecule has 3 rings (SSSR count). The minimum absolute atomic E-state index is 0.113. The third kappa shape index (κ3) is 4.80. The average molecular weight is 394 g/mol. The lowest BCUT2D eigenvalue weighted by Crippen LogP contribution is -2.42. The molecule has 0 spiro atoms. The minimum Gasteiger partial charge on any atom is -0.452 e. The standard InChI is InChI=1S/C19H26N2O5S/c1-14-6-2-3-9-17(14)20-18(22)13-26-19(23)15-7-4-8-16(12-15)21-10-5-11-27(21,24)25/h4,7-8,12,14,17H,2-3,5-6,9-11,13H2,1H3,(H,20,22). The summed E-state index contributed by atoms with van der Waals surface area (Å²) in [6.45, 7) is 2.19. The molecule has 1 saturated carbocycles. The molecule has 2 fully saturated rings. The van der Waals surface area contributed by atoms with Crippen molar-refractivity contribution in [3.8, 4) is 0 Å². The SMILES string of the molecule is CC1CCCCC1NC(=O)COC(=O)c1cccc(N2CCCS2(=O)=O)c1. The van der Waals surface area contributed by atoms with E-state index < -0.39 is 16.0 Å². The Hall–Kier alpha value is -2.09. The van der Waals surface area contributed by atoms with Crippen molar-refractivity contribution < 1.29 is 22.7 Å². The topological polar surface area (TPSA) is 92.8 Å². The summed E-state index contributed by atoms with van der Waals surface area (Å²) in [5, 5.41) is 2.94. The maximum atomic E-state index is 12.3. The Morgan fingerprint density at radius 3 is 2.70 bits per heavy atom. The number of sulfonamides is 1. The van der Waals surface area contributed by atoms with Crippen molar-refractivity contribution in [2.24, 2.45) is 5.92 Å². The Balaban J connectivity index is 1.56. The molecule has 148 valence electrons. The van der Waals surface area contributed by atoms with Gasteiger partial charge in [0, 0.05) is 12.6 Å². The third-order valence-corrected chi connectivity index (χ3v) is 7.13. The van der Waals surface area contributed by atoms with E-state index in [4.69, 9.17) is 4.74 Å². The van der Waals surface area contributed by atoms with Gasteiger partial charge in [0.25, 0.3) is 5.91 Å². The monoisotopic (exact) mass is 394 g/mol.